The molecule has 138 valence electrons. The summed E-state index contributed by atoms with van der Waals surface area (Å²) in [6.07, 6.45) is 1.35. The number of amides is 1. The van der Waals surface area contributed by atoms with Crippen molar-refractivity contribution in [2.75, 3.05) is 18.4 Å². The molecule has 1 aliphatic heterocycles. The Bertz CT molecular complexity index is 897. The van der Waals surface area contributed by atoms with E-state index in [1.165, 1.54) is 4.31 Å². The standard InChI is InChI=1S/C19H21BrN2O3S/c1-14-7-9-18(10-8-14)26(24,25)22-11-3-4-15(13-22)19(23)21-17-6-2-5-16(20)12-17/h2,5-10,12,15H,3-4,11,13H2,1H3,(H,21,23)/t15-/m0/s1. The SMILES string of the molecule is Cc1ccc(S(=O)(=O)N2CCC[C@H](C(=O)Nc3cccc(Br)c3)C2)cc1. The molecule has 0 aliphatic carbocycles. The highest BCUT2D eigenvalue weighted by Gasteiger charge is 2.33. The summed E-state index contributed by atoms with van der Waals surface area (Å²) in [7, 11) is -3.58. The van der Waals surface area contributed by atoms with Crippen LogP contribution in [0.2, 0.25) is 0 Å². The maximum Gasteiger partial charge on any atom is 0.243 e. The fourth-order valence-electron chi connectivity index (χ4n) is 3.04. The van der Waals surface area contributed by atoms with E-state index in [-0.39, 0.29) is 23.3 Å². The van der Waals surface area contributed by atoms with E-state index in [2.05, 4.69) is 21.2 Å². The lowest BCUT2D eigenvalue weighted by atomic mass is 9.99. The monoisotopic (exact) mass is 436 g/mol. The summed E-state index contributed by atoms with van der Waals surface area (Å²) in [6, 6.07) is 14.2. The molecule has 1 heterocycles. The summed E-state index contributed by atoms with van der Waals surface area (Å²) >= 11 is 3.38. The van der Waals surface area contributed by atoms with Gasteiger partial charge in [-0.1, -0.05) is 39.7 Å². The molecule has 1 N–H and O–H groups in total. The molecule has 0 aromatic heterocycles. The third-order valence-electron chi connectivity index (χ3n) is 4.51. The molecular formula is C19H21BrN2O3S. The highest BCUT2D eigenvalue weighted by Crippen LogP contribution is 2.25. The van der Waals surface area contributed by atoms with Crippen LogP contribution in [-0.4, -0.2) is 31.7 Å². The molecule has 0 saturated carbocycles. The Hall–Kier alpha value is -1.70. The number of piperidine rings is 1. The van der Waals surface area contributed by atoms with Gasteiger partial charge in [0.1, 0.15) is 0 Å². The number of sulfonamides is 1. The Morgan fingerprint density at radius 2 is 1.92 bits per heavy atom. The normalized spacial score (nSPS) is 18.5. The van der Waals surface area contributed by atoms with E-state index >= 15 is 0 Å². The van der Waals surface area contributed by atoms with Gasteiger partial charge in [0.2, 0.25) is 15.9 Å². The number of anilines is 1. The van der Waals surface area contributed by atoms with Gasteiger partial charge in [0.25, 0.3) is 0 Å². The smallest absolute Gasteiger partial charge is 0.243 e. The van der Waals surface area contributed by atoms with Gasteiger partial charge in [0, 0.05) is 23.2 Å². The fraction of sp³-hybridized carbons (Fsp3) is 0.316. The maximum atomic E-state index is 12.9. The van der Waals surface area contributed by atoms with Crippen LogP contribution < -0.4 is 5.32 Å². The summed E-state index contributed by atoms with van der Waals surface area (Å²) in [5.74, 6) is -0.505. The fourth-order valence-corrected chi connectivity index (χ4v) is 4.97. The summed E-state index contributed by atoms with van der Waals surface area (Å²) < 4.78 is 28.0. The van der Waals surface area contributed by atoms with Crippen LogP contribution in [0.1, 0.15) is 18.4 Å². The average molecular weight is 437 g/mol. The molecular weight excluding hydrogens is 416 g/mol. The van der Waals surface area contributed by atoms with Crippen LogP contribution in [-0.2, 0) is 14.8 Å². The van der Waals surface area contributed by atoms with E-state index in [4.69, 9.17) is 0 Å². The lowest BCUT2D eigenvalue weighted by molar-refractivity contribution is -0.120. The van der Waals surface area contributed by atoms with Gasteiger partial charge in [-0.05, 0) is 50.1 Å². The van der Waals surface area contributed by atoms with Crippen molar-refractivity contribution in [2.45, 2.75) is 24.7 Å². The Kier molecular flexibility index (Phi) is 5.79. The van der Waals surface area contributed by atoms with E-state index in [9.17, 15) is 13.2 Å². The topological polar surface area (TPSA) is 66.5 Å². The number of hydrogen-bond donors (Lipinski definition) is 1. The van der Waals surface area contributed by atoms with Gasteiger partial charge in [-0.25, -0.2) is 8.42 Å². The zero-order valence-corrected chi connectivity index (χ0v) is 16.9. The van der Waals surface area contributed by atoms with Gasteiger partial charge in [0.05, 0.1) is 10.8 Å². The summed E-state index contributed by atoms with van der Waals surface area (Å²) in [6.45, 7) is 2.56. The van der Waals surface area contributed by atoms with Gasteiger partial charge in [-0.15, -0.1) is 0 Å². The number of halogens is 1. The minimum absolute atomic E-state index is 0.146. The van der Waals surface area contributed by atoms with Crippen molar-refractivity contribution in [3.05, 3.63) is 58.6 Å². The molecule has 3 rings (SSSR count). The third kappa shape index (κ3) is 4.34. The first kappa shape index (κ1) is 19.1. The number of benzene rings is 2. The molecule has 1 fully saturated rings. The van der Waals surface area contributed by atoms with E-state index < -0.39 is 10.0 Å². The lowest BCUT2D eigenvalue weighted by Gasteiger charge is -2.31. The van der Waals surface area contributed by atoms with E-state index in [1.54, 1.807) is 24.3 Å². The molecule has 2 aromatic carbocycles. The molecule has 1 amide bonds. The van der Waals surface area contributed by atoms with Crippen molar-refractivity contribution >= 4 is 37.5 Å². The number of rotatable bonds is 4. The molecule has 0 spiro atoms. The molecule has 1 atom stereocenters. The first-order valence-corrected chi connectivity index (χ1v) is 10.7. The molecule has 0 bridgehead atoms. The van der Waals surface area contributed by atoms with Gasteiger partial charge in [-0.2, -0.15) is 4.31 Å². The minimum Gasteiger partial charge on any atom is -0.326 e. The highest BCUT2D eigenvalue weighted by atomic mass is 79.9. The maximum absolute atomic E-state index is 12.9. The van der Waals surface area contributed by atoms with Gasteiger partial charge in [-0.3, -0.25) is 4.79 Å². The number of carbonyl (C=O) groups excluding carboxylic acids is 1. The van der Waals surface area contributed by atoms with Crippen LogP contribution >= 0.6 is 15.9 Å². The molecule has 1 aliphatic rings. The zero-order chi connectivity index (χ0) is 18.7. The Morgan fingerprint density at radius 3 is 2.62 bits per heavy atom. The van der Waals surface area contributed by atoms with Gasteiger partial charge in [0.15, 0.2) is 0 Å². The molecule has 5 nitrogen and oxygen atoms in total. The van der Waals surface area contributed by atoms with Crippen LogP contribution in [0.15, 0.2) is 57.9 Å². The quantitative estimate of drug-likeness (QED) is 0.792. The summed E-state index contributed by atoms with van der Waals surface area (Å²) in [4.78, 5) is 12.9. The first-order valence-electron chi connectivity index (χ1n) is 8.49. The van der Waals surface area contributed by atoms with Crippen LogP contribution in [0.4, 0.5) is 5.69 Å². The highest BCUT2D eigenvalue weighted by molar-refractivity contribution is 9.10. The molecule has 7 heteroatoms. The van der Waals surface area contributed by atoms with E-state index in [0.717, 1.165) is 10.0 Å². The van der Waals surface area contributed by atoms with E-state index in [0.29, 0.717) is 25.1 Å². The number of hydrogen-bond acceptors (Lipinski definition) is 3. The molecule has 0 unspecified atom stereocenters. The predicted octanol–water partition coefficient (Wildman–Crippen LogP) is 3.80. The molecule has 0 radical (unpaired) electrons. The van der Waals surface area contributed by atoms with Gasteiger partial charge < -0.3 is 5.32 Å². The first-order chi connectivity index (χ1) is 12.4. The summed E-state index contributed by atoms with van der Waals surface area (Å²) in [5, 5.41) is 2.88. The largest absolute Gasteiger partial charge is 0.326 e. The Labute approximate surface area is 162 Å². The van der Waals surface area contributed by atoms with E-state index in [1.807, 2.05) is 31.2 Å². The number of nitrogens with one attached hydrogen (secondary N) is 1. The number of aryl methyl sites for hydroxylation is 1. The van der Waals surface area contributed by atoms with Crippen molar-refractivity contribution < 1.29 is 13.2 Å². The second-order valence-electron chi connectivity index (χ2n) is 6.51. The third-order valence-corrected chi connectivity index (χ3v) is 6.88. The molecule has 26 heavy (non-hydrogen) atoms. The van der Waals surface area contributed by atoms with Crippen molar-refractivity contribution in [1.29, 1.82) is 0 Å². The minimum atomic E-state index is -3.58. The van der Waals surface area contributed by atoms with Crippen molar-refractivity contribution in [2.24, 2.45) is 5.92 Å². The van der Waals surface area contributed by atoms with Gasteiger partial charge >= 0.3 is 0 Å². The average Bonchev–Trinajstić information content (AvgIpc) is 2.62. The van der Waals surface area contributed by atoms with Crippen LogP contribution in [0, 0.1) is 12.8 Å². The van der Waals surface area contributed by atoms with Crippen LogP contribution in [0.3, 0.4) is 0 Å². The second-order valence-corrected chi connectivity index (χ2v) is 9.37. The van der Waals surface area contributed by atoms with Crippen molar-refractivity contribution in [1.82, 2.24) is 4.31 Å². The summed E-state index contributed by atoms with van der Waals surface area (Å²) in [5.41, 5.74) is 1.71. The predicted molar refractivity (Wildman–Crippen MR) is 105 cm³/mol. The lowest BCUT2D eigenvalue weighted by Crippen LogP contribution is -2.43. The second kappa shape index (κ2) is 7.90. The Balaban J connectivity index is 1.72. The van der Waals surface area contributed by atoms with Crippen LogP contribution in [0.25, 0.3) is 0 Å². The van der Waals surface area contributed by atoms with Crippen LogP contribution in [0.5, 0.6) is 0 Å². The number of nitrogens with zero attached hydrogens (tertiary/aromatic N) is 1. The zero-order valence-electron chi connectivity index (χ0n) is 14.5. The molecule has 1 saturated heterocycles. The number of carbonyl (C=O) groups is 1. The van der Waals surface area contributed by atoms with Crippen molar-refractivity contribution in [3.63, 3.8) is 0 Å². The Morgan fingerprint density at radius 1 is 1.19 bits per heavy atom. The van der Waals surface area contributed by atoms with Crippen molar-refractivity contribution in [3.8, 4) is 0 Å². The molecule has 2 aromatic rings.